The van der Waals surface area contributed by atoms with Gasteiger partial charge in [0.2, 0.25) is 0 Å². The fourth-order valence-corrected chi connectivity index (χ4v) is 2.96. The van der Waals surface area contributed by atoms with Crippen molar-refractivity contribution in [2.75, 3.05) is 6.61 Å². The number of rotatable bonds is 5. The van der Waals surface area contributed by atoms with E-state index in [0.717, 1.165) is 24.1 Å². The Hall–Kier alpha value is -3.21. The Morgan fingerprint density at radius 3 is 2.84 bits per heavy atom. The van der Waals surface area contributed by atoms with Crippen LogP contribution in [0.15, 0.2) is 65.8 Å². The largest absolute Gasteiger partial charge is 0.494 e. The van der Waals surface area contributed by atoms with Crippen molar-refractivity contribution in [2.24, 2.45) is 0 Å². The monoisotopic (exact) mass is 331 g/mol. The predicted octanol–water partition coefficient (Wildman–Crippen LogP) is 3.48. The lowest BCUT2D eigenvalue weighted by atomic mass is 10.1. The Kier molecular flexibility index (Phi) is 4.12. The minimum atomic E-state index is -0.138. The van der Waals surface area contributed by atoms with E-state index in [1.807, 2.05) is 24.4 Å². The van der Waals surface area contributed by atoms with Gasteiger partial charge in [0.25, 0.3) is 5.56 Å². The van der Waals surface area contributed by atoms with Crippen LogP contribution >= 0.6 is 0 Å². The van der Waals surface area contributed by atoms with Crippen LogP contribution in [0.1, 0.15) is 12.0 Å². The lowest BCUT2D eigenvalue weighted by Gasteiger charge is -2.08. The molecule has 2 aromatic heterocycles. The highest BCUT2D eigenvalue weighted by molar-refractivity contribution is 5.81. The Morgan fingerprint density at radius 2 is 1.88 bits per heavy atom. The van der Waals surface area contributed by atoms with Crippen molar-refractivity contribution in [1.82, 2.24) is 15.0 Å². The van der Waals surface area contributed by atoms with Crippen LogP contribution in [0.2, 0.25) is 0 Å². The Bertz CT molecular complexity index is 1080. The van der Waals surface area contributed by atoms with Crippen molar-refractivity contribution < 1.29 is 4.74 Å². The van der Waals surface area contributed by atoms with E-state index >= 15 is 0 Å². The van der Waals surface area contributed by atoms with Crippen LogP contribution in [0.4, 0.5) is 0 Å². The Balaban J connectivity index is 1.42. The molecule has 0 atom stereocenters. The summed E-state index contributed by atoms with van der Waals surface area (Å²) in [5.41, 5.74) is 2.80. The molecular formula is C20H17N3O2. The molecule has 0 unspecified atom stereocenters. The Labute approximate surface area is 144 Å². The van der Waals surface area contributed by atoms with Gasteiger partial charge in [-0.1, -0.05) is 18.2 Å². The number of H-pyrrole nitrogens is 1. The predicted molar refractivity (Wildman–Crippen MR) is 97.9 cm³/mol. The van der Waals surface area contributed by atoms with Gasteiger partial charge in [0.15, 0.2) is 0 Å². The zero-order valence-electron chi connectivity index (χ0n) is 13.6. The number of aromatic amines is 1. The third-order valence-electron chi connectivity index (χ3n) is 4.21. The number of hydrogen-bond donors (Lipinski definition) is 1. The molecule has 5 heteroatoms. The van der Waals surface area contributed by atoms with Gasteiger partial charge < -0.3 is 9.72 Å². The zero-order valence-corrected chi connectivity index (χ0v) is 13.6. The molecule has 124 valence electrons. The maximum absolute atomic E-state index is 11.7. The second kappa shape index (κ2) is 6.73. The zero-order chi connectivity index (χ0) is 17.1. The quantitative estimate of drug-likeness (QED) is 0.569. The topological polar surface area (TPSA) is 67.9 Å². The molecule has 5 nitrogen and oxygen atoms in total. The van der Waals surface area contributed by atoms with Gasteiger partial charge >= 0.3 is 0 Å². The lowest BCUT2D eigenvalue weighted by Crippen LogP contribution is -2.06. The molecular weight excluding hydrogens is 314 g/mol. The van der Waals surface area contributed by atoms with E-state index in [1.54, 1.807) is 18.2 Å². The van der Waals surface area contributed by atoms with Gasteiger partial charge in [-0.05, 0) is 42.7 Å². The van der Waals surface area contributed by atoms with Crippen molar-refractivity contribution in [3.8, 4) is 5.75 Å². The number of hydrogen-bond acceptors (Lipinski definition) is 4. The number of fused-ring (bicyclic) bond motifs is 2. The number of nitrogens with one attached hydrogen (secondary N) is 1. The molecule has 4 aromatic rings. The van der Waals surface area contributed by atoms with Gasteiger partial charge in [-0.2, -0.15) is 0 Å². The molecule has 0 saturated carbocycles. The van der Waals surface area contributed by atoms with Gasteiger partial charge in [0.05, 0.1) is 29.4 Å². The van der Waals surface area contributed by atoms with E-state index in [1.165, 1.54) is 17.3 Å². The SMILES string of the molecule is O=c1[nH]cnc2cc(OCCCc3ccnc4ccccc34)ccc12. The van der Waals surface area contributed by atoms with E-state index in [9.17, 15) is 4.79 Å². The summed E-state index contributed by atoms with van der Waals surface area (Å²) in [5, 5.41) is 1.76. The number of ether oxygens (including phenoxy) is 1. The second-order valence-corrected chi connectivity index (χ2v) is 5.85. The van der Waals surface area contributed by atoms with Gasteiger partial charge in [-0.3, -0.25) is 9.78 Å². The van der Waals surface area contributed by atoms with Crippen molar-refractivity contribution >= 4 is 21.8 Å². The summed E-state index contributed by atoms with van der Waals surface area (Å²) in [6.45, 7) is 0.603. The first-order valence-electron chi connectivity index (χ1n) is 8.24. The van der Waals surface area contributed by atoms with E-state index < -0.39 is 0 Å². The molecule has 0 bridgehead atoms. The van der Waals surface area contributed by atoms with Gasteiger partial charge in [-0.15, -0.1) is 0 Å². The normalized spacial score (nSPS) is 11.0. The third kappa shape index (κ3) is 3.21. The molecule has 0 spiro atoms. The summed E-state index contributed by atoms with van der Waals surface area (Å²) >= 11 is 0. The highest BCUT2D eigenvalue weighted by Gasteiger charge is 2.03. The van der Waals surface area contributed by atoms with Gasteiger partial charge in [0.1, 0.15) is 5.75 Å². The first-order chi connectivity index (χ1) is 12.3. The van der Waals surface area contributed by atoms with Crippen molar-refractivity contribution in [3.63, 3.8) is 0 Å². The molecule has 0 saturated heterocycles. The molecule has 0 aliphatic heterocycles. The van der Waals surface area contributed by atoms with Crippen LogP contribution in [0.3, 0.4) is 0 Å². The maximum Gasteiger partial charge on any atom is 0.258 e. The fraction of sp³-hybridized carbons (Fsp3) is 0.150. The van der Waals surface area contributed by atoms with Crippen LogP contribution < -0.4 is 10.3 Å². The summed E-state index contributed by atoms with van der Waals surface area (Å²) in [5.74, 6) is 0.727. The molecule has 4 rings (SSSR count). The molecule has 25 heavy (non-hydrogen) atoms. The van der Waals surface area contributed by atoms with Crippen LogP contribution in [0.5, 0.6) is 5.75 Å². The molecule has 0 amide bonds. The van der Waals surface area contributed by atoms with Crippen molar-refractivity contribution in [3.05, 3.63) is 77.0 Å². The van der Waals surface area contributed by atoms with E-state index in [-0.39, 0.29) is 5.56 Å². The lowest BCUT2D eigenvalue weighted by molar-refractivity contribution is 0.311. The molecule has 0 aliphatic carbocycles. The van der Waals surface area contributed by atoms with Crippen LogP contribution in [-0.4, -0.2) is 21.6 Å². The number of aryl methyl sites for hydroxylation is 1. The summed E-state index contributed by atoms with van der Waals surface area (Å²) in [4.78, 5) is 22.8. The molecule has 0 fully saturated rings. The summed E-state index contributed by atoms with van der Waals surface area (Å²) in [6, 6.07) is 15.6. The van der Waals surface area contributed by atoms with Crippen molar-refractivity contribution in [2.45, 2.75) is 12.8 Å². The molecule has 1 N–H and O–H groups in total. The number of pyridine rings is 1. The summed E-state index contributed by atoms with van der Waals surface area (Å²) in [6.07, 6.45) is 5.08. The highest BCUT2D eigenvalue weighted by atomic mass is 16.5. The minimum Gasteiger partial charge on any atom is -0.494 e. The molecule has 2 heterocycles. The Morgan fingerprint density at radius 1 is 0.960 bits per heavy atom. The van der Waals surface area contributed by atoms with Crippen LogP contribution in [-0.2, 0) is 6.42 Å². The minimum absolute atomic E-state index is 0.138. The van der Waals surface area contributed by atoms with Crippen LogP contribution in [0.25, 0.3) is 21.8 Å². The van der Waals surface area contributed by atoms with Gasteiger partial charge in [-0.25, -0.2) is 4.98 Å². The number of aromatic nitrogens is 3. The average Bonchev–Trinajstić information content (AvgIpc) is 2.65. The summed E-state index contributed by atoms with van der Waals surface area (Å²) < 4.78 is 5.82. The molecule has 2 aromatic carbocycles. The van der Waals surface area contributed by atoms with Crippen molar-refractivity contribution in [1.29, 1.82) is 0 Å². The van der Waals surface area contributed by atoms with Crippen LogP contribution in [0, 0.1) is 0 Å². The average molecular weight is 331 g/mol. The number of nitrogens with zero attached hydrogens (tertiary/aromatic N) is 2. The second-order valence-electron chi connectivity index (χ2n) is 5.85. The molecule has 0 aliphatic rings. The van der Waals surface area contributed by atoms with Gasteiger partial charge in [0, 0.05) is 17.6 Å². The first kappa shape index (κ1) is 15.3. The molecule has 0 radical (unpaired) electrons. The maximum atomic E-state index is 11.7. The van der Waals surface area contributed by atoms with E-state index in [4.69, 9.17) is 4.74 Å². The third-order valence-corrected chi connectivity index (χ3v) is 4.21. The fourth-order valence-electron chi connectivity index (χ4n) is 2.96. The smallest absolute Gasteiger partial charge is 0.258 e. The summed E-state index contributed by atoms with van der Waals surface area (Å²) in [7, 11) is 0. The first-order valence-corrected chi connectivity index (χ1v) is 8.24. The standard InChI is InChI=1S/C20H17N3O2/c24-20-17-8-7-15(12-19(17)22-13-23-20)25-11-3-4-14-9-10-21-18-6-2-1-5-16(14)18/h1-2,5-10,12-13H,3-4,11H2,(H,22,23,24). The highest BCUT2D eigenvalue weighted by Crippen LogP contribution is 2.19. The van der Waals surface area contributed by atoms with E-state index in [0.29, 0.717) is 17.5 Å². The number of para-hydroxylation sites is 1. The van der Waals surface area contributed by atoms with E-state index in [2.05, 4.69) is 27.1 Å². The number of benzene rings is 2.